The Morgan fingerprint density at radius 3 is 2.70 bits per heavy atom. The minimum Gasteiger partial charge on any atom is -0.348 e. The summed E-state index contributed by atoms with van der Waals surface area (Å²) in [6.07, 6.45) is 10.6. The Kier molecular flexibility index (Phi) is 5.43. The van der Waals surface area contributed by atoms with E-state index in [4.69, 9.17) is 0 Å². The first-order valence-corrected chi connectivity index (χ1v) is 10.8. The van der Waals surface area contributed by atoms with E-state index in [0.717, 1.165) is 47.5 Å². The van der Waals surface area contributed by atoms with Crippen molar-refractivity contribution in [3.05, 3.63) is 72.4 Å². The van der Waals surface area contributed by atoms with E-state index in [9.17, 15) is 9.59 Å². The third-order valence-corrected chi connectivity index (χ3v) is 5.80. The second-order valence-electron chi connectivity index (χ2n) is 7.90. The van der Waals surface area contributed by atoms with Crippen molar-refractivity contribution in [2.24, 2.45) is 0 Å². The first-order valence-electron chi connectivity index (χ1n) is 10.8. The van der Waals surface area contributed by atoms with Gasteiger partial charge < -0.3 is 15.5 Å². The van der Waals surface area contributed by atoms with E-state index >= 15 is 0 Å². The van der Waals surface area contributed by atoms with Gasteiger partial charge in [0.05, 0.1) is 29.3 Å². The molecule has 0 aliphatic carbocycles. The molecule has 6 rings (SSSR count). The van der Waals surface area contributed by atoms with Gasteiger partial charge >= 0.3 is 0 Å². The maximum Gasteiger partial charge on any atom is 0.254 e. The lowest BCUT2D eigenvalue weighted by molar-refractivity contribution is -0.126. The van der Waals surface area contributed by atoms with Gasteiger partial charge in [0, 0.05) is 50.7 Å². The Morgan fingerprint density at radius 1 is 1.06 bits per heavy atom. The maximum atomic E-state index is 12.5. The molecular weight excluding hydrogens is 418 g/mol. The maximum absolute atomic E-state index is 12.5. The van der Waals surface area contributed by atoms with Gasteiger partial charge in [0.2, 0.25) is 5.91 Å². The van der Waals surface area contributed by atoms with Crippen molar-refractivity contribution in [1.82, 2.24) is 29.6 Å². The highest BCUT2D eigenvalue weighted by Crippen LogP contribution is 2.35. The molecule has 3 aromatic heterocycles. The van der Waals surface area contributed by atoms with Crippen LogP contribution in [0.2, 0.25) is 0 Å². The average molecular weight is 441 g/mol. The Bertz CT molecular complexity index is 1330. The van der Waals surface area contributed by atoms with Gasteiger partial charge in [-0.15, -0.1) is 0 Å². The highest BCUT2D eigenvalue weighted by molar-refractivity contribution is 6.06. The summed E-state index contributed by atoms with van der Waals surface area (Å²) in [5.41, 5.74) is 5.02. The zero-order valence-corrected chi connectivity index (χ0v) is 18.2. The van der Waals surface area contributed by atoms with Crippen LogP contribution in [0, 0.1) is 0 Å². The lowest BCUT2D eigenvalue weighted by Gasteiger charge is -2.12. The molecule has 0 radical (unpaired) electrons. The number of imidazole rings is 1. The second-order valence-corrected chi connectivity index (χ2v) is 7.90. The van der Waals surface area contributed by atoms with Crippen LogP contribution in [0.25, 0.3) is 16.9 Å². The van der Waals surface area contributed by atoms with E-state index in [-0.39, 0.29) is 5.91 Å². The van der Waals surface area contributed by atoms with Crippen LogP contribution in [0.3, 0.4) is 0 Å². The first-order chi connectivity index (χ1) is 16.1. The van der Waals surface area contributed by atoms with Crippen LogP contribution in [-0.2, 0) is 11.3 Å². The molecule has 0 atom stereocenters. The van der Waals surface area contributed by atoms with Gasteiger partial charge in [0.25, 0.3) is 5.91 Å². The largest absolute Gasteiger partial charge is 0.348 e. The molecule has 1 aromatic carbocycles. The summed E-state index contributed by atoms with van der Waals surface area (Å²) in [5, 5.41) is 6.16. The first kappa shape index (κ1) is 20.6. The predicted octanol–water partition coefficient (Wildman–Crippen LogP) is 3.02. The Balaban J connectivity index is 0.000000281. The Morgan fingerprint density at radius 2 is 1.97 bits per heavy atom. The molecule has 0 bridgehead atoms. The number of rotatable bonds is 3. The molecule has 1 fully saturated rings. The van der Waals surface area contributed by atoms with Crippen molar-refractivity contribution < 1.29 is 9.59 Å². The number of hydrogen-bond donors (Lipinski definition) is 2. The summed E-state index contributed by atoms with van der Waals surface area (Å²) in [5.74, 6) is 0.902. The molecule has 2 aliphatic rings. The van der Waals surface area contributed by atoms with E-state index in [1.54, 1.807) is 29.7 Å². The van der Waals surface area contributed by atoms with Crippen LogP contribution in [0.4, 0.5) is 11.5 Å². The highest BCUT2D eigenvalue weighted by atomic mass is 16.2. The van der Waals surface area contributed by atoms with Crippen molar-refractivity contribution in [2.45, 2.75) is 19.4 Å². The molecule has 2 aliphatic heterocycles. The third kappa shape index (κ3) is 4.00. The van der Waals surface area contributed by atoms with E-state index in [1.807, 2.05) is 48.0 Å². The number of aromatic nitrogens is 4. The molecule has 9 nitrogen and oxygen atoms in total. The lowest BCUT2D eigenvalue weighted by atomic mass is 9.99. The Hall–Kier alpha value is -4.27. The summed E-state index contributed by atoms with van der Waals surface area (Å²) < 4.78 is 1.97. The van der Waals surface area contributed by atoms with Crippen LogP contribution < -0.4 is 10.6 Å². The zero-order chi connectivity index (χ0) is 22.8. The minimum absolute atomic E-state index is 0.0873. The number of benzene rings is 1. The number of pyridine rings is 1. The third-order valence-electron chi connectivity index (χ3n) is 5.80. The van der Waals surface area contributed by atoms with Crippen molar-refractivity contribution in [3.8, 4) is 11.3 Å². The number of carbonyl (C=O) groups excluding carboxylic acids is 2. The van der Waals surface area contributed by atoms with Gasteiger partial charge in [0.15, 0.2) is 5.65 Å². The van der Waals surface area contributed by atoms with Gasteiger partial charge in [-0.2, -0.15) is 0 Å². The molecule has 4 aromatic rings. The van der Waals surface area contributed by atoms with Gasteiger partial charge in [-0.3, -0.25) is 19.0 Å². The SMILES string of the molecule is CN1CCCC1=O.O=C1NCc2c(-c3cnc4cnccn34)ccc(Nc3ccccn3)c21. The quantitative estimate of drug-likeness (QED) is 0.506. The van der Waals surface area contributed by atoms with E-state index < -0.39 is 0 Å². The molecule has 33 heavy (non-hydrogen) atoms. The molecule has 9 heteroatoms. The molecule has 0 spiro atoms. The minimum atomic E-state index is -0.0873. The number of carbonyl (C=O) groups is 2. The normalized spacial score (nSPS) is 14.6. The smallest absolute Gasteiger partial charge is 0.254 e. The standard InChI is InChI=1S/C19H14N6O.C5H9NO/c26-19-18-13(9-23-19)12(15-10-22-17-11-20-7-8-25(15)17)4-5-14(18)24-16-3-1-2-6-21-16;1-6-4-2-3-5(6)7/h1-8,10-11H,9H2,(H,21,24)(H,23,26);2-4H2,1H3. The van der Waals surface area contributed by atoms with Crippen LogP contribution in [0.1, 0.15) is 28.8 Å². The number of likely N-dealkylation sites (tertiary alicyclic amines) is 1. The van der Waals surface area contributed by atoms with E-state index in [1.165, 1.54) is 0 Å². The van der Waals surface area contributed by atoms with Crippen LogP contribution in [0.15, 0.2) is 61.3 Å². The highest BCUT2D eigenvalue weighted by Gasteiger charge is 2.27. The van der Waals surface area contributed by atoms with Crippen LogP contribution >= 0.6 is 0 Å². The predicted molar refractivity (Wildman–Crippen MR) is 124 cm³/mol. The lowest BCUT2D eigenvalue weighted by Crippen LogP contribution is -2.17. The molecule has 2 N–H and O–H groups in total. The van der Waals surface area contributed by atoms with Gasteiger partial charge in [0.1, 0.15) is 5.82 Å². The monoisotopic (exact) mass is 441 g/mol. The fraction of sp³-hybridized carbons (Fsp3) is 0.208. The van der Waals surface area contributed by atoms with Gasteiger partial charge in [-0.25, -0.2) is 9.97 Å². The van der Waals surface area contributed by atoms with Crippen molar-refractivity contribution in [2.75, 3.05) is 18.9 Å². The average Bonchev–Trinajstić information content (AvgIpc) is 3.55. The number of fused-ring (bicyclic) bond motifs is 2. The van der Waals surface area contributed by atoms with Crippen molar-refractivity contribution >= 4 is 29.0 Å². The summed E-state index contributed by atoms with van der Waals surface area (Å²) in [7, 11) is 1.84. The summed E-state index contributed by atoms with van der Waals surface area (Å²) in [4.78, 5) is 37.5. The molecular formula is C24H23N7O2. The topological polar surface area (TPSA) is 105 Å². The van der Waals surface area contributed by atoms with Crippen molar-refractivity contribution in [1.29, 1.82) is 0 Å². The molecule has 1 saturated heterocycles. The van der Waals surface area contributed by atoms with Crippen molar-refractivity contribution in [3.63, 3.8) is 0 Å². The number of hydrogen-bond acceptors (Lipinski definition) is 6. The second kappa shape index (κ2) is 8.70. The summed E-state index contributed by atoms with van der Waals surface area (Å²) in [6.45, 7) is 1.44. The fourth-order valence-corrected chi connectivity index (χ4v) is 4.09. The zero-order valence-electron chi connectivity index (χ0n) is 18.2. The van der Waals surface area contributed by atoms with Gasteiger partial charge in [-0.1, -0.05) is 12.1 Å². The number of nitrogens with zero attached hydrogens (tertiary/aromatic N) is 5. The molecule has 166 valence electrons. The van der Waals surface area contributed by atoms with E-state index in [0.29, 0.717) is 23.8 Å². The molecule has 0 unspecified atom stereocenters. The van der Waals surface area contributed by atoms with Crippen LogP contribution in [0.5, 0.6) is 0 Å². The fourth-order valence-electron chi connectivity index (χ4n) is 4.09. The number of amides is 2. The Labute approximate surface area is 190 Å². The molecule has 5 heterocycles. The summed E-state index contributed by atoms with van der Waals surface area (Å²) in [6, 6.07) is 9.54. The number of anilines is 2. The van der Waals surface area contributed by atoms with Gasteiger partial charge in [-0.05, 0) is 30.2 Å². The number of nitrogens with one attached hydrogen (secondary N) is 2. The summed E-state index contributed by atoms with van der Waals surface area (Å²) >= 11 is 0. The molecule has 0 saturated carbocycles. The molecule has 2 amide bonds. The van der Waals surface area contributed by atoms with Crippen LogP contribution in [-0.4, -0.2) is 49.7 Å². The van der Waals surface area contributed by atoms with E-state index in [2.05, 4.69) is 25.6 Å².